The molecule has 94 valence electrons. The number of rotatable bonds is 5. The smallest absolute Gasteiger partial charge is 0.323 e. The van der Waals surface area contributed by atoms with E-state index >= 15 is 0 Å². The van der Waals surface area contributed by atoms with E-state index in [0.717, 1.165) is 0 Å². The van der Waals surface area contributed by atoms with Gasteiger partial charge in [0.05, 0.1) is 14.2 Å². The first-order valence-electron chi connectivity index (χ1n) is 4.89. The summed E-state index contributed by atoms with van der Waals surface area (Å²) in [6, 6.07) is 3.22. The first-order chi connectivity index (χ1) is 8.01. The summed E-state index contributed by atoms with van der Waals surface area (Å²) in [4.78, 5) is 10.7. The SMILES string of the molecule is COc1ccc(C(O)[C@H](N)C(=O)O)cc1OC. The Kier molecular flexibility index (Phi) is 4.30. The van der Waals surface area contributed by atoms with E-state index in [1.807, 2.05) is 0 Å². The molecule has 1 unspecified atom stereocenters. The molecule has 1 aromatic rings. The molecule has 0 aromatic heterocycles. The van der Waals surface area contributed by atoms with Crippen LogP contribution in [-0.2, 0) is 4.79 Å². The van der Waals surface area contributed by atoms with Crippen molar-refractivity contribution in [2.45, 2.75) is 12.1 Å². The van der Waals surface area contributed by atoms with Crippen molar-refractivity contribution in [1.82, 2.24) is 0 Å². The lowest BCUT2D eigenvalue weighted by atomic mass is 10.0. The van der Waals surface area contributed by atoms with E-state index in [2.05, 4.69) is 0 Å². The molecule has 0 aliphatic heterocycles. The van der Waals surface area contributed by atoms with Crippen molar-refractivity contribution < 1.29 is 24.5 Å². The highest BCUT2D eigenvalue weighted by molar-refractivity contribution is 5.74. The Hall–Kier alpha value is -1.79. The van der Waals surface area contributed by atoms with Gasteiger partial charge >= 0.3 is 5.97 Å². The van der Waals surface area contributed by atoms with Crippen LogP contribution in [0.1, 0.15) is 11.7 Å². The van der Waals surface area contributed by atoms with Crippen molar-refractivity contribution in [3.63, 3.8) is 0 Å². The van der Waals surface area contributed by atoms with Crippen LogP contribution in [0.15, 0.2) is 18.2 Å². The number of hydrogen-bond acceptors (Lipinski definition) is 5. The molecule has 17 heavy (non-hydrogen) atoms. The quantitative estimate of drug-likeness (QED) is 0.678. The van der Waals surface area contributed by atoms with E-state index < -0.39 is 18.1 Å². The molecule has 0 bridgehead atoms. The maximum absolute atomic E-state index is 10.7. The number of ether oxygens (including phenoxy) is 2. The van der Waals surface area contributed by atoms with Crippen LogP contribution in [0, 0.1) is 0 Å². The zero-order valence-electron chi connectivity index (χ0n) is 9.58. The van der Waals surface area contributed by atoms with Gasteiger partial charge in [0.25, 0.3) is 0 Å². The fourth-order valence-electron chi connectivity index (χ4n) is 1.38. The number of carboxylic acids is 1. The number of methoxy groups -OCH3 is 2. The average molecular weight is 241 g/mol. The molecule has 0 heterocycles. The summed E-state index contributed by atoms with van der Waals surface area (Å²) in [5, 5.41) is 18.4. The first-order valence-corrected chi connectivity index (χ1v) is 4.89. The van der Waals surface area contributed by atoms with E-state index in [9.17, 15) is 9.90 Å². The van der Waals surface area contributed by atoms with Crippen molar-refractivity contribution in [3.8, 4) is 11.5 Å². The minimum absolute atomic E-state index is 0.359. The minimum Gasteiger partial charge on any atom is -0.493 e. The second-order valence-corrected chi connectivity index (χ2v) is 3.42. The van der Waals surface area contributed by atoms with Gasteiger partial charge in [0.2, 0.25) is 0 Å². The largest absolute Gasteiger partial charge is 0.493 e. The van der Waals surface area contributed by atoms with Gasteiger partial charge in [-0.3, -0.25) is 4.79 Å². The Morgan fingerprint density at radius 3 is 2.35 bits per heavy atom. The van der Waals surface area contributed by atoms with Crippen LogP contribution in [0.4, 0.5) is 0 Å². The molecular formula is C11H15NO5. The Balaban J connectivity index is 3.03. The van der Waals surface area contributed by atoms with Gasteiger partial charge in [0.1, 0.15) is 12.1 Å². The number of carboxylic acid groups (broad SMARTS) is 1. The van der Waals surface area contributed by atoms with Gasteiger partial charge < -0.3 is 25.4 Å². The third-order valence-electron chi connectivity index (χ3n) is 2.37. The molecule has 0 amide bonds. The van der Waals surface area contributed by atoms with E-state index in [1.54, 1.807) is 6.07 Å². The van der Waals surface area contributed by atoms with E-state index in [4.69, 9.17) is 20.3 Å². The van der Waals surface area contributed by atoms with Crippen LogP contribution in [0.3, 0.4) is 0 Å². The monoisotopic (exact) mass is 241 g/mol. The van der Waals surface area contributed by atoms with Crippen molar-refractivity contribution in [2.75, 3.05) is 14.2 Å². The predicted octanol–water partition coefficient (Wildman–Crippen LogP) is 0.149. The van der Waals surface area contributed by atoms with Gasteiger partial charge in [-0.05, 0) is 17.7 Å². The molecule has 6 heteroatoms. The number of nitrogens with two attached hydrogens (primary N) is 1. The normalized spacial score (nSPS) is 13.9. The summed E-state index contributed by atoms with van der Waals surface area (Å²) < 4.78 is 10.1. The lowest BCUT2D eigenvalue weighted by Gasteiger charge is -2.17. The van der Waals surface area contributed by atoms with Gasteiger partial charge in [-0.2, -0.15) is 0 Å². The summed E-state index contributed by atoms with van der Waals surface area (Å²) >= 11 is 0. The van der Waals surface area contributed by atoms with Crippen molar-refractivity contribution in [1.29, 1.82) is 0 Å². The molecule has 4 N–H and O–H groups in total. The van der Waals surface area contributed by atoms with Crippen molar-refractivity contribution >= 4 is 5.97 Å². The Morgan fingerprint density at radius 1 is 1.29 bits per heavy atom. The Labute approximate surface area is 98.6 Å². The predicted molar refractivity (Wildman–Crippen MR) is 60.1 cm³/mol. The highest BCUT2D eigenvalue weighted by Crippen LogP contribution is 2.30. The molecule has 2 atom stereocenters. The van der Waals surface area contributed by atoms with Crippen LogP contribution in [-0.4, -0.2) is 36.4 Å². The van der Waals surface area contributed by atoms with E-state index in [0.29, 0.717) is 17.1 Å². The molecule has 0 aliphatic carbocycles. The molecule has 1 rings (SSSR count). The second-order valence-electron chi connectivity index (χ2n) is 3.42. The number of aliphatic hydroxyl groups excluding tert-OH is 1. The lowest BCUT2D eigenvalue weighted by Crippen LogP contribution is -2.36. The van der Waals surface area contributed by atoms with Crippen molar-refractivity contribution in [2.24, 2.45) is 5.73 Å². The molecule has 6 nitrogen and oxygen atoms in total. The summed E-state index contributed by atoms with van der Waals surface area (Å²) in [6.07, 6.45) is -1.30. The zero-order valence-corrected chi connectivity index (χ0v) is 9.58. The minimum atomic E-state index is -1.38. The number of hydrogen-bond donors (Lipinski definition) is 3. The fraction of sp³-hybridized carbons (Fsp3) is 0.364. The molecule has 0 saturated heterocycles. The van der Waals surface area contributed by atoms with Crippen molar-refractivity contribution in [3.05, 3.63) is 23.8 Å². The van der Waals surface area contributed by atoms with Crippen LogP contribution in [0.25, 0.3) is 0 Å². The molecule has 0 fully saturated rings. The Bertz CT molecular complexity index is 407. The van der Waals surface area contributed by atoms with Crippen LogP contribution < -0.4 is 15.2 Å². The summed E-state index contributed by atoms with van der Waals surface area (Å²) in [5.74, 6) is -0.374. The van der Waals surface area contributed by atoms with Gasteiger partial charge in [-0.1, -0.05) is 6.07 Å². The molecule has 0 aliphatic rings. The number of aliphatic hydroxyl groups is 1. The summed E-state index contributed by atoms with van der Waals surface area (Å²) in [7, 11) is 2.93. The van der Waals surface area contributed by atoms with Gasteiger partial charge in [-0.25, -0.2) is 0 Å². The topological polar surface area (TPSA) is 102 Å². The van der Waals surface area contributed by atoms with Crippen LogP contribution in [0.2, 0.25) is 0 Å². The van der Waals surface area contributed by atoms with Gasteiger partial charge in [0.15, 0.2) is 11.5 Å². The fourth-order valence-corrected chi connectivity index (χ4v) is 1.38. The highest BCUT2D eigenvalue weighted by Gasteiger charge is 2.24. The number of aliphatic carboxylic acids is 1. The lowest BCUT2D eigenvalue weighted by molar-refractivity contribution is -0.141. The number of carbonyl (C=O) groups is 1. The molecule has 0 spiro atoms. The Morgan fingerprint density at radius 2 is 1.88 bits per heavy atom. The van der Waals surface area contributed by atoms with Crippen LogP contribution in [0.5, 0.6) is 11.5 Å². The third-order valence-corrected chi connectivity index (χ3v) is 2.37. The summed E-state index contributed by atoms with van der Waals surface area (Å²) in [6.45, 7) is 0. The van der Waals surface area contributed by atoms with Gasteiger partial charge in [-0.15, -0.1) is 0 Å². The zero-order chi connectivity index (χ0) is 13.0. The molecule has 0 radical (unpaired) electrons. The van der Waals surface area contributed by atoms with E-state index in [-0.39, 0.29) is 0 Å². The van der Waals surface area contributed by atoms with Crippen LogP contribution >= 0.6 is 0 Å². The molecule has 0 saturated carbocycles. The first kappa shape index (κ1) is 13.3. The maximum atomic E-state index is 10.7. The standard InChI is InChI=1S/C11H15NO5/c1-16-7-4-3-6(5-8(7)17-2)10(13)9(12)11(14)15/h3-5,9-10,13H,12H2,1-2H3,(H,14,15)/t9-,10?/m0/s1. The average Bonchev–Trinajstić information content (AvgIpc) is 2.35. The second kappa shape index (κ2) is 5.51. The maximum Gasteiger partial charge on any atom is 0.323 e. The molecular weight excluding hydrogens is 226 g/mol. The van der Waals surface area contributed by atoms with Gasteiger partial charge in [0, 0.05) is 0 Å². The molecule has 1 aromatic carbocycles. The van der Waals surface area contributed by atoms with E-state index in [1.165, 1.54) is 26.4 Å². The third kappa shape index (κ3) is 2.86. The highest BCUT2D eigenvalue weighted by atomic mass is 16.5. The summed E-state index contributed by atoms with van der Waals surface area (Å²) in [5.41, 5.74) is 5.69. The number of benzene rings is 1.